The van der Waals surface area contributed by atoms with Crippen LogP contribution in [0.1, 0.15) is 21.8 Å². The van der Waals surface area contributed by atoms with E-state index in [9.17, 15) is 9.59 Å². The SMILES string of the molecule is Cc1noc(C)c1C(=O)N1CCN(C=O)CC1. The van der Waals surface area contributed by atoms with Gasteiger partial charge in [-0.05, 0) is 13.8 Å². The maximum Gasteiger partial charge on any atom is 0.259 e. The van der Waals surface area contributed by atoms with Gasteiger partial charge in [0.1, 0.15) is 11.3 Å². The van der Waals surface area contributed by atoms with E-state index in [0.717, 1.165) is 6.41 Å². The van der Waals surface area contributed by atoms with Crippen molar-refractivity contribution in [1.82, 2.24) is 15.0 Å². The third-order valence-corrected chi connectivity index (χ3v) is 3.00. The Bertz CT molecular complexity index is 414. The van der Waals surface area contributed by atoms with Crippen LogP contribution in [-0.4, -0.2) is 53.5 Å². The topological polar surface area (TPSA) is 66.7 Å². The van der Waals surface area contributed by atoms with E-state index in [4.69, 9.17) is 4.52 Å². The largest absolute Gasteiger partial charge is 0.361 e. The lowest BCUT2D eigenvalue weighted by atomic mass is 10.1. The van der Waals surface area contributed by atoms with Crippen molar-refractivity contribution < 1.29 is 14.1 Å². The molecule has 0 spiro atoms. The predicted octanol–water partition coefficient (Wildman–Crippen LogP) is 0.206. The Morgan fingerprint density at radius 2 is 1.94 bits per heavy atom. The van der Waals surface area contributed by atoms with Gasteiger partial charge in [-0.25, -0.2) is 0 Å². The fourth-order valence-electron chi connectivity index (χ4n) is 1.98. The van der Waals surface area contributed by atoms with E-state index < -0.39 is 0 Å². The monoisotopic (exact) mass is 237 g/mol. The number of hydrogen-bond acceptors (Lipinski definition) is 4. The average molecular weight is 237 g/mol. The standard InChI is InChI=1S/C11H15N3O3/c1-8-10(9(2)17-12-8)11(16)14-5-3-13(7-15)4-6-14/h7H,3-6H2,1-2H3. The van der Waals surface area contributed by atoms with Crippen molar-refractivity contribution in [2.45, 2.75) is 13.8 Å². The second-order valence-corrected chi connectivity index (χ2v) is 4.13. The van der Waals surface area contributed by atoms with E-state index in [1.807, 2.05) is 0 Å². The van der Waals surface area contributed by atoms with E-state index in [0.29, 0.717) is 43.2 Å². The minimum Gasteiger partial charge on any atom is -0.361 e. The van der Waals surface area contributed by atoms with Crippen LogP contribution in [0, 0.1) is 13.8 Å². The summed E-state index contributed by atoms with van der Waals surface area (Å²) in [5.41, 5.74) is 1.16. The second-order valence-electron chi connectivity index (χ2n) is 4.13. The molecule has 1 aromatic rings. The van der Waals surface area contributed by atoms with Gasteiger partial charge in [-0.3, -0.25) is 9.59 Å². The fraction of sp³-hybridized carbons (Fsp3) is 0.545. The van der Waals surface area contributed by atoms with Gasteiger partial charge >= 0.3 is 0 Å². The lowest BCUT2D eigenvalue weighted by Crippen LogP contribution is -2.48. The number of nitrogens with zero attached hydrogens (tertiary/aromatic N) is 3. The molecule has 0 radical (unpaired) electrons. The molecule has 17 heavy (non-hydrogen) atoms. The highest BCUT2D eigenvalue weighted by molar-refractivity contribution is 5.96. The van der Waals surface area contributed by atoms with Crippen LogP contribution in [0.3, 0.4) is 0 Å². The zero-order valence-corrected chi connectivity index (χ0v) is 9.97. The molecule has 1 aliphatic heterocycles. The van der Waals surface area contributed by atoms with E-state index in [-0.39, 0.29) is 5.91 Å². The molecule has 1 aliphatic rings. The quantitative estimate of drug-likeness (QED) is 0.689. The molecule has 6 heteroatoms. The molecule has 6 nitrogen and oxygen atoms in total. The molecule has 1 saturated heterocycles. The summed E-state index contributed by atoms with van der Waals surface area (Å²) in [6.07, 6.45) is 0.817. The Balaban J connectivity index is 2.09. The molecule has 0 saturated carbocycles. The van der Waals surface area contributed by atoms with Gasteiger partial charge in [0, 0.05) is 26.2 Å². The molecule has 2 heterocycles. The van der Waals surface area contributed by atoms with Crippen LogP contribution in [0.2, 0.25) is 0 Å². The molecule has 2 rings (SSSR count). The number of carbonyl (C=O) groups is 2. The maximum absolute atomic E-state index is 12.2. The van der Waals surface area contributed by atoms with Gasteiger partial charge in [0.2, 0.25) is 6.41 Å². The first-order valence-corrected chi connectivity index (χ1v) is 5.55. The molecule has 2 amide bonds. The van der Waals surface area contributed by atoms with Crippen molar-refractivity contribution in [3.05, 3.63) is 17.0 Å². The minimum absolute atomic E-state index is 0.0631. The normalized spacial score (nSPS) is 16.1. The first kappa shape index (κ1) is 11.6. The van der Waals surface area contributed by atoms with Crippen molar-refractivity contribution in [3.8, 4) is 0 Å². The summed E-state index contributed by atoms with van der Waals surface area (Å²) < 4.78 is 4.99. The molecule has 1 fully saturated rings. The Morgan fingerprint density at radius 1 is 1.29 bits per heavy atom. The first-order chi connectivity index (χ1) is 8.13. The van der Waals surface area contributed by atoms with E-state index in [2.05, 4.69) is 5.16 Å². The molecule has 0 aromatic carbocycles. The average Bonchev–Trinajstić information content (AvgIpc) is 2.68. The van der Waals surface area contributed by atoms with Crippen LogP contribution >= 0.6 is 0 Å². The van der Waals surface area contributed by atoms with Gasteiger partial charge in [-0.1, -0.05) is 5.16 Å². The number of aromatic nitrogens is 1. The van der Waals surface area contributed by atoms with Crippen molar-refractivity contribution in [1.29, 1.82) is 0 Å². The third kappa shape index (κ3) is 2.15. The summed E-state index contributed by atoms with van der Waals surface area (Å²) in [5.74, 6) is 0.483. The van der Waals surface area contributed by atoms with Gasteiger partial charge in [0.15, 0.2) is 0 Å². The van der Waals surface area contributed by atoms with Crippen molar-refractivity contribution in [2.24, 2.45) is 0 Å². The predicted molar refractivity (Wildman–Crippen MR) is 59.5 cm³/mol. The molecule has 0 aliphatic carbocycles. The number of carbonyl (C=O) groups excluding carboxylic acids is 2. The molecule has 1 aromatic heterocycles. The highest BCUT2D eigenvalue weighted by Gasteiger charge is 2.26. The van der Waals surface area contributed by atoms with Crippen LogP contribution in [-0.2, 0) is 4.79 Å². The molecular formula is C11H15N3O3. The van der Waals surface area contributed by atoms with Crippen LogP contribution in [0.5, 0.6) is 0 Å². The minimum atomic E-state index is -0.0631. The Hall–Kier alpha value is -1.85. The van der Waals surface area contributed by atoms with Crippen molar-refractivity contribution in [2.75, 3.05) is 26.2 Å². The number of rotatable bonds is 2. The van der Waals surface area contributed by atoms with Gasteiger partial charge in [0.25, 0.3) is 5.91 Å². The number of hydrogen-bond donors (Lipinski definition) is 0. The highest BCUT2D eigenvalue weighted by atomic mass is 16.5. The summed E-state index contributed by atoms with van der Waals surface area (Å²) in [4.78, 5) is 26.2. The Labute approximate surface area is 99.2 Å². The van der Waals surface area contributed by atoms with Crippen LogP contribution in [0.15, 0.2) is 4.52 Å². The van der Waals surface area contributed by atoms with E-state index in [1.165, 1.54) is 0 Å². The molecule has 92 valence electrons. The molecule has 0 atom stereocenters. The summed E-state index contributed by atoms with van der Waals surface area (Å²) in [6.45, 7) is 5.76. The second kappa shape index (κ2) is 4.57. The van der Waals surface area contributed by atoms with Crippen LogP contribution in [0.4, 0.5) is 0 Å². The summed E-state index contributed by atoms with van der Waals surface area (Å²) >= 11 is 0. The van der Waals surface area contributed by atoms with E-state index >= 15 is 0 Å². The van der Waals surface area contributed by atoms with Crippen LogP contribution < -0.4 is 0 Å². The molecule has 0 N–H and O–H groups in total. The molecular weight excluding hydrogens is 222 g/mol. The van der Waals surface area contributed by atoms with Gasteiger partial charge < -0.3 is 14.3 Å². The Kier molecular flexibility index (Phi) is 3.12. The first-order valence-electron chi connectivity index (χ1n) is 5.55. The number of aryl methyl sites for hydroxylation is 2. The van der Waals surface area contributed by atoms with Gasteiger partial charge in [-0.2, -0.15) is 0 Å². The third-order valence-electron chi connectivity index (χ3n) is 3.00. The van der Waals surface area contributed by atoms with Crippen molar-refractivity contribution in [3.63, 3.8) is 0 Å². The van der Waals surface area contributed by atoms with Crippen molar-refractivity contribution >= 4 is 12.3 Å². The van der Waals surface area contributed by atoms with Crippen LogP contribution in [0.25, 0.3) is 0 Å². The van der Waals surface area contributed by atoms with Gasteiger partial charge in [-0.15, -0.1) is 0 Å². The molecule has 0 bridgehead atoms. The summed E-state index contributed by atoms with van der Waals surface area (Å²) in [5, 5.41) is 3.77. The highest BCUT2D eigenvalue weighted by Crippen LogP contribution is 2.16. The summed E-state index contributed by atoms with van der Waals surface area (Å²) in [6, 6.07) is 0. The fourth-order valence-corrected chi connectivity index (χ4v) is 1.98. The lowest BCUT2D eigenvalue weighted by molar-refractivity contribution is -0.119. The number of amides is 2. The maximum atomic E-state index is 12.2. The summed E-state index contributed by atoms with van der Waals surface area (Å²) in [7, 11) is 0. The van der Waals surface area contributed by atoms with Gasteiger partial charge in [0.05, 0.1) is 5.69 Å². The molecule has 0 unspecified atom stereocenters. The van der Waals surface area contributed by atoms with E-state index in [1.54, 1.807) is 23.6 Å². The smallest absolute Gasteiger partial charge is 0.259 e. The Morgan fingerprint density at radius 3 is 2.41 bits per heavy atom. The zero-order chi connectivity index (χ0) is 12.4. The number of piperazine rings is 1. The lowest BCUT2D eigenvalue weighted by Gasteiger charge is -2.32. The zero-order valence-electron chi connectivity index (χ0n) is 9.97.